The molecule has 0 spiro atoms. The summed E-state index contributed by atoms with van der Waals surface area (Å²) in [5.74, 6) is 0.0787. The Hall–Kier alpha value is -1.71. The molecular weight excluding hydrogens is 300 g/mol. The second-order valence-corrected chi connectivity index (χ2v) is 6.35. The molecule has 0 radical (unpaired) electrons. The van der Waals surface area contributed by atoms with Crippen LogP contribution in [-0.4, -0.2) is 32.7 Å². The molecule has 2 N–H and O–H groups in total. The molecule has 0 atom stereocenters. The van der Waals surface area contributed by atoms with Gasteiger partial charge in [-0.15, -0.1) is 0 Å². The highest BCUT2D eigenvalue weighted by Gasteiger charge is 2.25. The van der Waals surface area contributed by atoms with E-state index >= 15 is 0 Å². The summed E-state index contributed by atoms with van der Waals surface area (Å²) in [6, 6.07) is 2.19. The number of nitro benzene ring substituents is 1. The Morgan fingerprint density at radius 1 is 1.38 bits per heavy atom. The number of benzene rings is 1. The fourth-order valence-electron chi connectivity index (χ4n) is 2.15. The Bertz CT molecular complexity index is 652. The minimum atomic E-state index is -4.12. The molecule has 21 heavy (non-hydrogen) atoms. The summed E-state index contributed by atoms with van der Waals surface area (Å²) in [5.41, 5.74) is 0.0237. The van der Waals surface area contributed by atoms with Crippen molar-refractivity contribution in [2.75, 3.05) is 13.2 Å². The Balaban J connectivity index is 2.45. The van der Waals surface area contributed by atoms with Crippen molar-refractivity contribution in [3.63, 3.8) is 0 Å². The molecule has 1 aliphatic heterocycles. The van der Waals surface area contributed by atoms with Crippen LogP contribution >= 0.6 is 0 Å². The van der Waals surface area contributed by atoms with Gasteiger partial charge >= 0.3 is 0 Å². The maximum Gasteiger partial charge on any atom is 0.271 e. The van der Waals surface area contributed by atoms with Crippen molar-refractivity contribution < 1.29 is 22.8 Å². The summed E-state index contributed by atoms with van der Waals surface area (Å²) in [7, 11) is -4.12. The number of primary sulfonamides is 1. The first kappa shape index (κ1) is 15.7. The zero-order chi connectivity index (χ0) is 15.6. The van der Waals surface area contributed by atoms with Crippen molar-refractivity contribution in [1.29, 1.82) is 0 Å². The lowest BCUT2D eigenvalue weighted by Gasteiger charge is -2.25. The number of ether oxygens (including phenoxy) is 2. The van der Waals surface area contributed by atoms with E-state index in [9.17, 15) is 18.5 Å². The lowest BCUT2D eigenvalue weighted by Crippen LogP contribution is -2.27. The first-order chi connectivity index (χ1) is 9.79. The van der Waals surface area contributed by atoms with Crippen LogP contribution in [0.1, 0.15) is 18.4 Å². The maximum absolute atomic E-state index is 11.7. The van der Waals surface area contributed by atoms with E-state index in [4.69, 9.17) is 14.6 Å². The van der Waals surface area contributed by atoms with Gasteiger partial charge in [0.2, 0.25) is 10.0 Å². The van der Waals surface area contributed by atoms with Crippen LogP contribution in [0.5, 0.6) is 5.75 Å². The van der Waals surface area contributed by atoms with Gasteiger partial charge in [0.1, 0.15) is 16.7 Å². The van der Waals surface area contributed by atoms with E-state index in [2.05, 4.69) is 0 Å². The van der Waals surface area contributed by atoms with Gasteiger partial charge in [-0.3, -0.25) is 10.1 Å². The Labute approximate surface area is 122 Å². The predicted molar refractivity (Wildman–Crippen MR) is 73.7 cm³/mol. The van der Waals surface area contributed by atoms with Gasteiger partial charge in [-0.1, -0.05) is 0 Å². The fraction of sp³-hybridized carbons (Fsp3) is 0.500. The van der Waals surface area contributed by atoms with Crippen LogP contribution in [-0.2, 0) is 14.8 Å². The molecule has 0 bridgehead atoms. The summed E-state index contributed by atoms with van der Waals surface area (Å²) in [4.78, 5) is 9.82. The summed E-state index contributed by atoms with van der Waals surface area (Å²) < 4.78 is 34.3. The average molecular weight is 316 g/mol. The molecule has 0 saturated carbocycles. The highest BCUT2D eigenvalue weighted by atomic mass is 32.2. The summed E-state index contributed by atoms with van der Waals surface area (Å²) in [6.45, 7) is 2.61. The molecule has 1 aliphatic rings. The van der Waals surface area contributed by atoms with E-state index in [1.807, 2.05) is 0 Å². The lowest BCUT2D eigenvalue weighted by molar-refractivity contribution is -0.385. The molecule has 1 aromatic rings. The minimum absolute atomic E-state index is 0.0787. The number of hydrogen-bond donors (Lipinski definition) is 1. The standard InChI is InChI=1S/C12H16N2O6S/c1-8-6-9(14(15)16)7-11(21(13,17)18)12(8)20-10-2-4-19-5-3-10/h6-7,10H,2-5H2,1H3,(H2,13,17,18). The predicted octanol–water partition coefficient (Wildman–Crippen LogP) is 1.11. The van der Waals surface area contributed by atoms with Crippen molar-refractivity contribution in [2.45, 2.75) is 30.8 Å². The highest BCUT2D eigenvalue weighted by Crippen LogP contribution is 2.33. The first-order valence-electron chi connectivity index (χ1n) is 6.35. The summed E-state index contributed by atoms with van der Waals surface area (Å²) >= 11 is 0. The molecule has 0 amide bonds. The van der Waals surface area contributed by atoms with Gasteiger partial charge in [-0.25, -0.2) is 13.6 Å². The lowest BCUT2D eigenvalue weighted by atomic mass is 10.1. The number of hydrogen-bond acceptors (Lipinski definition) is 6. The Morgan fingerprint density at radius 3 is 2.52 bits per heavy atom. The topological polar surface area (TPSA) is 122 Å². The highest BCUT2D eigenvalue weighted by molar-refractivity contribution is 7.89. The van der Waals surface area contributed by atoms with Crippen molar-refractivity contribution in [3.8, 4) is 5.75 Å². The maximum atomic E-state index is 11.7. The van der Waals surface area contributed by atoms with Crippen molar-refractivity contribution in [2.24, 2.45) is 5.14 Å². The quantitative estimate of drug-likeness (QED) is 0.656. The van der Waals surface area contributed by atoms with Crippen LogP contribution in [0.25, 0.3) is 0 Å². The fourth-order valence-corrected chi connectivity index (χ4v) is 2.90. The smallest absolute Gasteiger partial charge is 0.271 e. The normalized spacial score (nSPS) is 16.7. The molecule has 1 heterocycles. The zero-order valence-electron chi connectivity index (χ0n) is 11.4. The number of nitrogens with two attached hydrogens (primary N) is 1. The molecule has 2 rings (SSSR count). The summed E-state index contributed by atoms with van der Waals surface area (Å²) in [6.07, 6.45) is 1.06. The molecule has 0 aromatic heterocycles. The Morgan fingerprint density at radius 2 is 2.00 bits per heavy atom. The SMILES string of the molecule is Cc1cc([N+](=O)[O-])cc(S(N)(=O)=O)c1OC1CCOCC1. The molecular formula is C12H16N2O6S. The Kier molecular flexibility index (Phi) is 4.45. The van der Waals surface area contributed by atoms with Crippen LogP contribution in [0.2, 0.25) is 0 Å². The van der Waals surface area contributed by atoms with Gasteiger partial charge < -0.3 is 9.47 Å². The van der Waals surface area contributed by atoms with E-state index in [0.717, 1.165) is 6.07 Å². The third kappa shape index (κ3) is 3.69. The second-order valence-electron chi connectivity index (χ2n) is 4.82. The summed E-state index contributed by atoms with van der Waals surface area (Å²) in [5, 5.41) is 16.0. The molecule has 9 heteroatoms. The molecule has 0 unspecified atom stereocenters. The van der Waals surface area contributed by atoms with Crippen LogP contribution in [0.15, 0.2) is 17.0 Å². The monoisotopic (exact) mass is 316 g/mol. The molecule has 0 aliphatic carbocycles. The molecule has 1 saturated heterocycles. The van der Waals surface area contributed by atoms with Crippen molar-refractivity contribution in [3.05, 3.63) is 27.8 Å². The van der Waals surface area contributed by atoms with Gasteiger partial charge in [0.15, 0.2) is 0 Å². The van der Waals surface area contributed by atoms with Crippen LogP contribution < -0.4 is 9.88 Å². The number of nitro groups is 1. The molecule has 1 fully saturated rings. The molecule has 1 aromatic carbocycles. The van der Waals surface area contributed by atoms with Crippen LogP contribution in [0.3, 0.4) is 0 Å². The van der Waals surface area contributed by atoms with Crippen molar-refractivity contribution in [1.82, 2.24) is 0 Å². The van der Waals surface area contributed by atoms with Gasteiger partial charge in [0, 0.05) is 25.0 Å². The average Bonchev–Trinajstić information content (AvgIpc) is 2.40. The van der Waals surface area contributed by atoms with E-state index in [1.165, 1.54) is 6.07 Å². The third-order valence-electron chi connectivity index (χ3n) is 3.20. The molecule has 8 nitrogen and oxygen atoms in total. The van der Waals surface area contributed by atoms with Gasteiger partial charge in [-0.05, 0) is 12.5 Å². The third-order valence-corrected chi connectivity index (χ3v) is 4.11. The number of rotatable bonds is 4. The van der Waals surface area contributed by atoms with E-state index < -0.39 is 14.9 Å². The molecule has 116 valence electrons. The van der Waals surface area contributed by atoms with Crippen LogP contribution in [0, 0.1) is 17.0 Å². The van der Waals surface area contributed by atoms with E-state index in [0.29, 0.717) is 31.6 Å². The first-order valence-corrected chi connectivity index (χ1v) is 7.90. The number of nitrogens with zero attached hydrogens (tertiary/aromatic N) is 1. The van der Waals surface area contributed by atoms with E-state index in [1.54, 1.807) is 6.92 Å². The van der Waals surface area contributed by atoms with Crippen molar-refractivity contribution >= 4 is 15.7 Å². The van der Waals surface area contributed by atoms with E-state index in [-0.39, 0.29) is 22.4 Å². The second kappa shape index (κ2) is 5.96. The number of sulfonamides is 1. The number of non-ortho nitro benzene ring substituents is 1. The zero-order valence-corrected chi connectivity index (χ0v) is 12.3. The van der Waals surface area contributed by atoms with Gasteiger partial charge in [0.25, 0.3) is 5.69 Å². The van der Waals surface area contributed by atoms with Gasteiger partial charge in [-0.2, -0.15) is 0 Å². The largest absolute Gasteiger partial charge is 0.489 e. The minimum Gasteiger partial charge on any atom is -0.489 e. The number of aryl methyl sites for hydroxylation is 1. The van der Waals surface area contributed by atoms with Crippen LogP contribution in [0.4, 0.5) is 5.69 Å². The van der Waals surface area contributed by atoms with Gasteiger partial charge in [0.05, 0.1) is 18.1 Å².